The Balaban J connectivity index is 2.11. The fourth-order valence-corrected chi connectivity index (χ4v) is 2.23. The van der Waals surface area contributed by atoms with Gasteiger partial charge < -0.3 is 4.18 Å². The number of rotatable bonds is 4. The fraction of sp³-hybridized carbons (Fsp3) is 0. The summed E-state index contributed by atoms with van der Waals surface area (Å²) in [6, 6.07) is 16.8. The normalized spacial score (nSPS) is 11.2. The Labute approximate surface area is 117 Å². The first kappa shape index (κ1) is 13.8. The van der Waals surface area contributed by atoms with E-state index in [0.717, 1.165) is 5.41 Å². The second-order valence-electron chi connectivity index (χ2n) is 3.93. The summed E-state index contributed by atoms with van der Waals surface area (Å²) in [4.78, 5) is 0. The van der Waals surface area contributed by atoms with E-state index in [1.54, 1.807) is 54.6 Å². The molecule has 0 aliphatic heterocycles. The Bertz CT molecular complexity index is 742. The standard InChI is InChI=1S/C15H11NO3S/c16-12-14-8-6-13(7-9-14)10-11-20(17,18)19-15-4-2-1-3-5-15/h1-11H. The van der Waals surface area contributed by atoms with Crippen LogP contribution in [0.2, 0.25) is 0 Å². The number of nitrogens with zero attached hydrogens (tertiary/aromatic N) is 1. The number of hydrogen-bond acceptors (Lipinski definition) is 4. The van der Waals surface area contributed by atoms with Gasteiger partial charge in [-0.15, -0.1) is 0 Å². The second-order valence-corrected chi connectivity index (χ2v) is 5.35. The molecule has 100 valence electrons. The van der Waals surface area contributed by atoms with Gasteiger partial charge in [-0.3, -0.25) is 0 Å². The van der Waals surface area contributed by atoms with Crippen molar-refractivity contribution in [2.24, 2.45) is 0 Å². The maximum Gasteiger partial charge on any atom is 0.332 e. The van der Waals surface area contributed by atoms with Gasteiger partial charge in [0.1, 0.15) is 5.75 Å². The lowest BCUT2D eigenvalue weighted by Gasteiger charge is -2.02. The lowest BCUT2D eigenvalue weighted by molar-refractivity contribution is 0.497. The average molecular weight is 285 g/mol. The summed E-state index contributed by atoms with van der Waals surface area (Å²) in [5.41, 5.74) is 1.19. The molecule has 0 heterocycles. The Morgan fingerprint density at radius 1 is 1.00 bits per heavy atom. The Morgan fingerprint density at radius 2 is 1.65 bits per heavy atom. The van der Waals surface area contributed by atoms with Gasteiger partial charge in [0, 0.05) is 0 Å². The third-order valence-corrected chi connectivity index (χ3v) is 3.32. The first-order valence-corrected chi connectivity index (χ1v) is 7.24. The Kier molecular flexibility index (Phi) is 4.18. The summed E-state index contributed by atoms with van der Waals surface area (Å²) in [6.45, 7) is 0. The molecule has 0 unspecified atom stereocenters. The van der Waals surface area contributed by atoms with Gasteiger partial charge >= 0.3 is 10.1 Å². The molecule has 20 heavy (non-hydrogen) atoms. The predicted octanol–water partition coefficient (Wildman–Crippen LogP) is 2.94. The van der Waals surface area contributed by atoms with Crippen molar-refractivity contribution in [3.63, 3.8) is 0 Å². The molecule has 0 aliphatic rings. The number of nitriles is 1. The maximum absolute atomic E-state index is 11.7. The maximum atomic E-state index is 11.7. The van der Waals surface area contributed by atoms with Crippen LogP contribution >= 0.6 is 0 Å². The van der Waals surface area contributed by atoms with Gasteiger partial charge in [0.25, 0.3) is 0 Å². The van der Waals surface area contributed by atoms with Crippen molar-refractivity contribution in [3.05, 3.63) is 71.1 Å². The molecule has 0 saturated carbocycles. The van der Waals surface area contributed by atoms with E-state index < -0.39 is 10.1 Å². The van der Waals surface area contributed by atoms with E-state index in [4.69, 9.17) is 9.44 Å². The van der Waals surface area contributed by atoms with E-state index in [2.05, 4.69) is 0 Å². The molecule has 2 aromatic rings. The van der Waals surface area contributed by atoms with Crippen molar-refractivity contribution in [1.29, 1.82) is 5.26 Å². The van der Waals surface area contributed by atoms with E-state index in [1.165, 1.54) is 6.08 Å². The third kappa shape index (κ3) is 3.97. The molecule has 4 nitrogen and oxygen atoms in total. The highest BCUT2D eigenvalue weighted by molar-refractivity contribution is 7.90. The van der Waals surface area contributed by atoms with Crippen LogP contribution in [-0.4, -0.2) is 8.42 Å². The van der Waals surface area contributed by atoms with E-state index >= 15 is 0 Å². The van der Waals surface area contributed by atoms with Crippen molar-refractivity contribution >= 4 is 16.2 Å². The van der Waals surface area contributed by atoms with Crippen LogP contribution in [0.15, 0.2) is 60.0 Å². The van der Waals surface area contributed by atoms with Crippen LogP contribution < -0.4 is 4.18 Å². The third-order valence-electron chi connectivity index (χ3n) is 2.42. The lowest BCUT2D eigenvalue weighted by Crippen LogP contribution is -2.04. The highest BCUT2D eigenvalue weighted by Gasteiger charge is 2.07. The monoisotopic (exact) mass is 285 g/mol. The second kappa shape index (κ2) is 6.04. The van der Waals surface area contributed by atoms with Crippen molar-refractivity contribution in [2.45, 2.75) is 0 Å². The minimum atomic E-state index is -3.79. The molecule has 0 bridgehead atoms. The molecule has 0 fully saturated rings. The largest absolute Gasteiger partial charge is 0.379 e. The van der Waals surface area contributed by atoms with Crippen LogP contribution in [-0.2, 0) is 10.1 Å². The molecule has 0 spiro atoms. The molecule has 0 saturated heterocycles. The molecule has 2 rings (SSSR count). The van der Waals surface area contributed by atoms with Crippen LogP contribution in [0.5, 0.6) is 5.75 Å². The van der Waals surface area contributed by atoms with Gasteiger partial charge in [0.05, 0.1) is 17.0 Å². The molecule has 0 aliphatic carbocycles. The topological polar surface area (TPSA) is 67.2 Å². The summed E-state index contributed by atoms with van der Waals surface area (Å²) in [5, 5.41) is 9.66. The molecular formula is C15H11NO3S. The minimum absolute atomic E-state index is 0.261. The van der Waals surface area contributed by atoms with Gasteiger partial charge in [-0.25, -0.2) is 0 Å². The van der Waals surface area contributed by atoms with Crippen LogP contribution in [0.3, 0.4) is 0 Å². The Morgan fingerprint density at radius 3 is 2.25 bits per heavy atom. The fourth-order valence-electron chi connectivity index (χ4n) is 1.47. The average Bonchev–Trinajstić information content (AvgIpc) is 2.46. The minimum Gasteiger partial charge on any atom is -0.379 e. The highest BCUT2D eigenvalue weighted by atomic mass is 32.2. The first-order valence-electron chi connectivity index (χ1n) is 5.77. The quantitative estimate of drug-likeness (QED) is 0.810. The Hall–Kier alpha value is -2.58. The summed E-state index contributed by atoms with van der Waals surface area (Å²) < 4.78 is 28.4. The molecule has 0 amide bonds. The summed E-state index contributed by atoms with van der Waals surface area (Å²) in [5.74, 6) is 0.261. The van der Waals surface area contributed by atoms with Gasteiger partial charge in [0.2, 0.25) is 0 Å². The number of benzene rings is 2. The van der Waals surface area contributed by atoms with Gasteiger partial charge in [0.15, 0.2) is 0 Å². The summed E-state index contributed by atoms with van der Waals surface area (Å²) in [7, 11) is -3.79. The molecule has 2 aromatic carbocycles. The van der Waals surface area contributed by atoms with Gasteiger partial charge in [-0.2, -0.15) is 13.7 Å². The van der Waals surface area contributed by atoms with Crippen molar-refractivity contribution < 1.29 is 12.6 Å². The smallest absolute Gasteiger partial charge is 0.332 e. The van der Waals surface area contributed by atoms with Gasteiger partial charge in [-0.1, -0.05) is 30.3 Å². The highest BCUT2D eigenvalue weighted by Crippen LogP contribution is 2.13. The predicted molar refractivity (Wildman–Crippen MR) is 76.2 cm³/mol. The zero-order valence-electron chi connectivity index (χ0n) is 10.4. The molecule has 5 heteroatoms. The van der Waals surface area contributed by atoms with E-state index in [9.17, 15) is 8.42 Å². The molecule has 0 N–H and O–H groups in total. The SMILES string of the molecule is N#Cc1ccc(C=CS(=O)(=O)Oc2ccccc2)cc1. The van der Waals surface area contributed by atoms with Crippen LogP contribution in [0, 0.1) is 11.3 Å². The van der Waals surface area contributed by atoms with Crippen LogP contribution in [0.1, 0.15) is 11.1 Å². The zero-order chi connectivity index (χ0) is 14.4. The lowest BCUT2D eigenvalue weighted by atomic mass is 10.1. The van der Waals surface area contributed by atoms with Crippen molar-refractivity contribution in [3.8, 4) is 11.8 Å². The molecule has 0 atom stereocenters. The van der Waals surface area contributed by atoms with Crippen molar-refractivity contribution in [2.75, 3.05) is 0 Å². The van der Waals surface area contributed by atoms with Gasteiger partial charge in [-0.05, 0) is 35.9 Å². The number of hydrogen-bond donors (Lipinski definition) is 0. The van der Waals surface area contributed by atoms with E-state index in [1.807, 2.05) is 6.07 Å². The van der Waals surface area contributed by atoms with Crippen LogP contribution in [0.25, 0.3) is 6.08 Å². The van der Waals surface area contributed by atoms with E-state index in [-0.39, 0.29) is 5.75 Å². The zero-order valence-corrected chi connectivity index (χ0v) is 11.2. The van der Waals surface area contributed by atoms with Crippen LogP contribution in [0.4, 0.5) is 0 Å². The van der Waals surface area contributed by atoms with E-state index in [0.29, 0.717) is 11.1 Å². The molecule has 0 radical (unpaired) electrons. The molecule has 0 aromatic heterocycles. The summed E-state index contributed by atoms with van der Waals surface area (Å²) in [6.07, 6.45) is 1.42. The van der Waals surface area contributed by atoms with Crippen molar-refractivity contribution in [1.82, 2.24) is 0 Å². The molecular weight excluding hydrogens is 274 g/mol. The number of para-hydroxylation sites is 1. The first-order chi connectivity index (χ1) is 9.59. The summed E-state index contributed by atoms with van der Waals surface area (Å²) >= 11 is 0.